The second-order valence-electron chi connectivity index (χ2n) is 5.67. The summed E-state index contributed by atoms with van der Waals surface area (Å²) in [6.45, 7) is -0.750. The van der Waals surface area contributed by atoms with Crippen molar-refractivity contribution in [3.8, 4) is 11.5 Å². The van der Waals surface area contributed by atoms with E-state index in [0.717, 1.165) is 6.07 Å². The van der Waals surface area contributed by atoms with Gasteiger partial charge in [-0.25, -0.2) is 4.39 Å². The molecular formula is C18H13FN4O6. The van der Waals surface area contributed by atoms with Crippen molar-refractivity contribution in [1.82, 2.24) is 15.5 Å². The van der Waals surface area contributed by atoms with Crippen LogP contribution in [0.5, 0.6) is 0 Å². The van der Waals surface area contributed by atoms with Crippen molar-refractivity contribution in [2.75, 3.05) is 6.54 Å². The number of benzene rings is 2. The summed E-state index contributed by atoms with van der Waals surface area (Å²) < 4.78 is 22.9. The van der Waals surface area contributed by atoms with Crippen molar-refractivity contribution in [2.24, 2.45) is 0 Å². The van der Waals surface area contributed by atoms with Gasteiger partial charge in [0.1, 0.15) is 12.4 Å². The first-order chi connectivity index (χ1) is 13.9. The van der Waals surface area contributed by atoms with E-state index in [-0.39, 0.29) is 29.6 Å². The third-order valence-corrected chi connectivity index (χ3v) is 3.63. The van der Waals surface area contributed by atoms with Crippen molar-refractivity contribution in [3.63, 3.8) is 0 Å². The molecular weight excluding hydrogens is 387 g/mol. The number of amides is 1. The van der Waals surface area contributed by atoms with Gasteiger partial charge in [0.15, 0.2) is 6.61 Å². The van der Waals surface area contributed by atoms with Gasteiger partial charge in [-0.1, -0.05) is 11.2 Å². The van der Waals surface area contributed by atoms with E-state index in [1.54, 1.807) is 0 Å². The van der Waals surface area contributed by atoms with Gasteiger partial charge in [0.05, 0.1) is 4.92 Å². The number of ether oxygens (including phenoxy) is 1. The summed E-state index contributed by atoms with van der Waals surface area (Å²) in [5.41, 5.74) is 0.295. The lowest BCUT2D eigenvalue weighted by atomic mass is 10.2. The Morgan fingerprint density at radius 3 is 2.69 bits per heavy atom. The monoisotopic (exact) mass is 400 g/mol. The average Bonchev–Trinajstić information content (AvgIpc) is 3.20. The molecule has 3 aromatic rings. The zero-order chi connectivity index (χ0) is 20.8. The van der Waals surface area contributed by atoms with Gasteiger partial charge in [-0.15, -0.1) is 0 Å². The Morgan fingerprint density at radius 2 is 1.97 bits per heavy atom. The van der Waals surface area contributed by atoms with Crippen LogP contribution in [0.25, 0.3) is 11.5 Å². The highest BCUT2D eigenvalue weighted by molar-refractivity contribution is 5.96. The van der Waals surface area contributed by atoms with E-state index in [2.05, 4.69) is 15.5 Å². The lowest BCUT2D eigenvalue weighted by Crippen LogP contribution is -2.30. The van der Waals surface area contributed by atoms with Gasteiger partial charge in [0.2, 0.25) is 5.82 Å². The van der Waals surface area contributed by atoms with E-state index in [4.69, 9.17) is 9.26 Å². The number of rotatable bonds is 7. The molecule has 0 saturated heterocycles. The standard InChI is InChI=1S/C18H13FN4O6/c19-13-6-4-11(5-7-13)18-21-15(22-29-18)10-28-16(24)9-20-17(25)12-2-1-3-14(8-12)23(26)27/h1-8H,9-10H2,(H,20,25). The maximum atomic E-state index is 12.9. The molecule has 1 aromatic heterocycles. The molecule has 0 fully saturated rings. The smallest absolute Gasteiger partial charge is 0.325 e. The second-order valence-corrected chi connectivity index (χ2v) is 5.67. The van der Waals surface area contributed by atoms with E-state index in [1.807, 2.05) is 0 Å². The molecule has 0 atom stereocenters. The van der Waals surface area contributed by atoms with Crippen LogP contribution >= 0.6 is 0 Å². The largest absolute Gasteiger partial charge is 0.456 e. The van der Waals surface area contributed by atoms with Gasteiger partial charge in [0, 0.05) is 23.3 Å². The molecule has 0 saturated carbocycles. The fourth-order valence-electron chi connectivity index (χ4n) is 2.23. The highest BCUT2D eigenvalue weighted by atomic mass is 19.1. The Morgan fingerprint density at radius 1 is 1.21 bits per heavy atom. The Labute approximate surface area is 162 Å². The third-order valence-electron chi connectivity index (χ3n) is 3.63. The van der Waals surface area contributed by atoms with Crippen molar-refractivity contribution in [1.29, 1.82) is 0 Å². The van der Waals surface area contributed by atoms with E-state index >= 15 is 0 Å². The number of esters is 1. The van der Waals surface area contributed by atoms with E-state index < -0.39 is 29.2 Å². The Balaban J connectivity index is 1.49. The molecule has 0 aliphatic carbocycles. The van der Waals surface area contributed by atoms with E-state index in [0.29, 0.717) is 5.56 Å². The zero-order valence-electron chi connectivity index (χ0n) is 14.7. The van der Waals surface area contributed by atoms with E-state index in [1.165, 1.54) is 42.5 Å². The van der Waals surface area contributed by atoms with Crippen LogP contribution in [0.3, 0.4) is 0 Å². The van der Waals surface area contributed by atoms with Crippen molar-refractivity contribution < 1.29 is 28.2 Å². The molecule has 0 aliphatic heterocycles. The highest BCUT2D eigenvalue weighted by Gasteiger charge is 2.14. The summed E-state index contributed by atoms with van der Waals surface area (Å²) in [4.78, 5) is 37.9. The quantitative estimate of drug-likeness (QED) is 0.362. The van der Waals surface area contributed by atoms with Gasteiger partial charge in [-0.2, -0.15) is 4.98 Å². The number of hydrogen-bond acceptors (Lipinski definition) is 8. The fourth-order valence-corrected chi connectivity index (χ4v) is 2.23. The van der Waals surface area contributed by atoms with Crippen LogP contribution in [0.4, 0.5) is 10.1 Å². The molecule has 1 amide bonds. The molecule has 0 aliphatic rings. The summed E-state index contributed by atoms with van der Waals surface area (Å²) in [5, 5.41) is 16.7. The Hall–Kier alpha value is -4.15. The van der Waals surface area contributed by atoms with Crippen LogP contribution < -0.4 is 5.32 Å². The Kier molecular flexibility index (Phi) is 5.88. The van der Waals surface area contributed by atoms with Gasteiger partial charge in [-0.3, -0.25) is 19.7 Å². The van der Waals surface area contributed by atoms with Crippen molar-refractivity contribution in [2.45, 2.75) is 6.61 Å². The number of halogens is 1. The summed E-state index contributed by atoms with van der Waals surface area (Å²) in [6, 6.07) is 10.5. The molecule has 2 aromatic carbocycles. The molecule has 10 nitrogen and oxygen atoms in total. The summed E-state index contributed by atoms with van der Waals surface area (Å²) in [7, 11) is 0. The molecule has 0 spiro atoms. The lowest BCUT2D eigenvalue weighted by molar-refractivity contribution is -0.384. The summed E-state index contributed by atoms with van der Waals surface area (Å²) in [6.07, 6.45) is 0. The zero-order valence-corrected chi connectivity index (χ0v) is 14.7. The molecule has 0 unspecified atom stereocenters. The minimum absolute atomic E-state index is 0.0362. The summed E-state index contributed by atoms with van der Waals surface area (Å²) in [5.74, 6) is -1.62. The maximum absolute atomic E-state index is 12.9. The van der Waals surface area contributed by atoms with Gasteiger partial charge >= 0.3 is 5.97 Å². The van der Waals surface area contributed by atoms with E-state index in [9.17, 15) is 24.1 Å². The van der Waals surface area contributed by atoms with Gasteiger partial charge in [-0.05, 0) is 30.3 Å². The number of nitrogens with zero attached hydrogens (tertiary/aromatic N) is 3. The number of aromatic nitrogens is 2. The molecule has 29 heavy (non-hydrogen) atoms. The topological polar surface area (TPSA) is 137 Å². The predicted molar refractivity (Wildman–Crippen MR) is 94.9 cm³/mol. The third kappa shape index (κ3) is 5.19. The molecule has 0 bridgehead atoms. The highest BCUT2D eigenvalue weighted by Crippen LogP contribution is 2.17. The predicted octanol–water partition coefficient (Wildman–Crippen LogP) is 2.26. The van der Waals surface area contributed by atoms with Crippen LogP contribution in [0.1, 0.15) is 16.2 Å². The second kappa shape index (κ2) is 8.69. The minimum Gasteiger partial charge on any atom is -0.456 e. The van der Waals surface area contributed by atoms with Crippen LogP contribution in [-0.2, 0) is 16.1 Å². The maximum Gasteiger partial charge on any atom is 0.325 e. The molecule has 1 heterocycles. The molecule has 0 radical (unpaired) electrons. The van der Waals surface area contributed by atoms with Crippen molar-refractivity contribution in [3.05, 3.63) is 75.9 Å². The SMILES string of the molecule is O=C(CNC(=O)c1cccc([N+](=O)[O-])c1)OCc1noc(-c2ccc(F)cc2)n1. The van der Waals surface area contributed by atoms with Crippen LogP contribution in [0.15, 0.2) is 53.1 Å². The van der Waals surface area contributed by atoms with Gasteiger partial charge < -0.3 is 14.6 Å². The van der Waals surface area contributed by atoms with Crippen LogP contribution in [0, 0.1) is 15.9 Å². The number of carbonyl (C=O) groups excluding carboxylic acids is 2. The molecule has 148 valence electrons. The lowest BCUT2D eigenvalue weighted by Gasteiger charge is -2.05. The van der Waals surface area contributed by atoms with Crippen LogP contribution in [0.2, 0.25) is 0 Å². The number of non-ortho nitro benzene ring substituents is 1. The average molecular weight is 400 g/mol. The number of hydrogen-bond donors (Lipinski definition) is 1. The molecule has 11 heteroatoms. The van der Waals surface area contributed by atoms with Crippen LogP contribution in [-0.4, -0.2) is 33.5 Å². The normalized spacial score (nSPS) is 10.4. The summed E-state index contributed by atoms with van der Waals surface area (Å²) >= 11 is 0. The minimum atomic E-state index is -0.767. The molecule has 1 N–H and O–H groups in total. The Bertz CT molecular complexity index is 1050. The first-order valence-corrected chi connectivity index (χ1v) is 8.19. The fraction of sp³-hybridized carbons (Fsp3) is 0.111. The number of nitrogens with one attached hydrogen (secondary N) is 1. The molecule has 3 rings (SSSR count). The number of nitro groups is 1. The number of carbonyl (C=O) groups is 2. The first kappa shape index (κ1) is 19.6. The number of nitro benzene ring substituents is 1. The van der Waals surface area contributed by atoms with Crippen molar-refractivity contribution >= 4 is 17.6 Å². The van der Waals surface area contributed by atoms with Gasteiger partial charge in [0.25, 0.3) is 17.5 Å². The first-order valence-electron chi connectivity index (χ1n) is 8.19.